The Morgan fingerprint density at radius 2 is 1.95 bits per heavy atom. The van der Waals surface area contributed by atoms with E-state index in [2.05, 4.69) is 20.1 Å². The highest BCUT2D eigenvalue weighted by Gasteiger charge is 2.12. The molecule has 0 amide bonds. The molecule has 0 aliphatic rings. The summed E-state index contributed by atoms with van der Waals surface area (Å²) in [4.78, 5) is 11.0. The summed E-state index contributed by atoms with van der Waals surface area (Å²) in [6.07, 6.45) is 3.13. The number of nitrogens with zero attached hydrogens (tertiary/aromatic N) is 2. The summed E-state index contributed by atoms with van der Waals surface area (Å²) in [5.74, 6) is -1.18. The highest BCUT2D eigenvalue weighted by atomic mass is 32.2. The van der Waals surface area contributed by atoms with Gasteiger partial charge in [0.05, 0.1) is 10.6 Å². The van der Waals surface area contributed by atoms with Gasteiger partial charge in [-0.05, 0) is 30.8 Å². The second kappa shape index (κ2) is 5.85. The molecule has 0 spiro atoms. The first-order chi connectivity index (χ1) is 9.94. The van der Waals surface area contributed by atoms with Gasteiger partial charge in [-0.25, -0.2) is 17.9 Å². The lowest BCUT2D eigenvalue weighted by Gasteiger charge is -2.02. The monoisotopic (exact) mass is 308 g/mol. The second-order valence-electron chi connectivity index (χ2n) is 3.99. The van der Waals surface area contributed by atoms with Crippen molar-refractivity contribution < 1.29 is 18.3 Å². The summed E-state index contributed by atoms with van der Waals surface area (Å²) in [7, 11) is -2.13. The Hall–Kier alpha value is -2.52. The molecule has 1 aromatic carbocycles. The number of aromatic nitrogens is 3. The maximum atomic E-state index is 11.6. The molecule has 0 aliphatic carbocycles. The molecule has 0 atom stereocenters. The number of nitrogens with one attached hydrogen (secondary N) is 2. The third-order valence-electron chi connectivity index (χ3n) is 2.68. The topological polar surface area (TPSA) is 125 Å². The first kappa shape index (κ1) is 14.9. The van der Waals surface area contributed by atoms with Crippen molar-refractivity contribution in [2.75, 3.05) is 7.05 Å². The molecule has 0 saturated heterocycles. The van der Waals surface area contributed by atoms with Gasteiger partial charge in [-0.1, -0.05) is 23.4 Å². The average Bonchev–Trinajstić information content (AvgIpc) is 2.94. The number of hydrogen-bond acceptors (Lipinski definition) is 5. The lowest BCUT2D eigenvalue weighted by Crippen LogP contribution is -2.18. The number of aromatic carboxylic acids is 1. The van der Waals surface area contributed by atoms with Gasteiger partial charge in [-0.15, -0.1) is 5.10 Å². The van der Waals surface area contributed by atoms with E-state index in [0.717, 1.165) is 0 Å². The van der Waals surface area contributed by atoms with Crippen LogP contribution >= 0.6 is 0 Å². The number of benzene rings is 1. The fourth-order valence-corrected chi connectivity index (χ4v) is 2.30. The van der Waals surface area contributed by atoms with Gasteiger partial charge in [0.2, 0.25) is 10.0 Å². The predicted octanol–water partition coefficient (Wildman–Crippen LogP) is 0.581. The zero-order chi connectivity index (χ0) is 15.5. The Balaban J connectivity index is 2.23. The highest BCUT2D eigenvalue weighted by Crippen LogP contribution is 2.13. The number of aromatic amines is 1. The van der Waals surface area contributed by atoms with Crippen molar-refractivity contribution in [3.8, 4) is 0 Å². The molecule has 8 nitrogen and oxygen atoms in total. The largest absolute Gasteiger partial charge is 0.476 e. The van der Waals surface area contributed by atoms with E-state index in [1.165, 1.54) is 25.3 Å². The molecule has 21 heavy (non-hydrogen) atoms. The van der Waals surface area contributed by atoms with Gasteiger partial charge in [0.1, 0.15) is 0 Å². The molecule has 2 rings (SSSR count). The zero-order valence-corrected chi connectivity index (χ0v) is 11.8. The molecular formula is C12H12N4O4S. The average molecular weight is 308 g/mol. The zero-order valence-electron chi connectivity index (χ0n) is 10.9. The first-order valence-electron chi connectivity index (χ1n) is 5.80. The van der Waals surface area contributed by atoms with Crippen LogP contribution in [-0.4, -0.2) is 42.0 Å². The predicted molar refractivity (Wildman–Crippen MR) is 75.0 cm³/mol. The molecule has 2 aromatic rings. The van der Waals surface area contributed by atoms with E-state index in [1.54, 1.807) is 18.2 Å². The first-order valence-corrected chi connectivity index (χ1v) is 7.28. The van der Waals surface area contributed by atoms with Crippen LogP contribution in [0.1, 0.15) is 21.7 Å². The minimum atomic E-state index is -3.47. The van der Waals surface area contributed by atoms with Crippen molar-refractivity contribution >= 4 is 28.1 Å². The summed E-state index contributed by atoms with van der Waals surface area (Å²) in [6.45, 7) is 0. The summed E-state index contributed by atoms with van der Waals surface area (Å²) in [5.41, 5.74) is 0.783. The SMILES string of the molecule is CNS(=O)(=O)c1ccc(C=Cc2[nH]nnc2C(=O)O)cc1. The van der Waals surface area contributed by atoms with E-state index in [-0.39, 0.29) is 16.3 Å². The van der Waals surface area contributed by atoms with Crippen LogP contribution in [0.3, 0.4) is 0 Å². The van der Waals surface area contributed by atoms with Gasteiger partial charge < -0.3 is 5.11 Å². The summed E-state index contributed by atoms with van der Waals surface area (Å²) in [5, 5.41) is 18.2. The molecule has 0 bridgehead atoms. The summed E-state index contributed by atoms with van der Waals surface area (Å²) >= 11 is 0. The molecule has 110 valence electrons. The Kier molecular flexibility index (Phi) is 4.15. The third kappa shape index (κ3) is 3.33. The minimum Gasteiger partial charge on any atom is -0.476 e. The molecule has 9 heteroatoms. The lowest BCUT2D eigenvalue weighted by molar-refractivity contribution is 0.0690. The maximum absolute atomic E-state index is 11.6. The molecule has 0 saturated carbocycles. The van der Waals surface area contributed by atoms with E-state index < -0.39 is 16.0 Å². The van der Waals surface area contributed by atoms with Gasteiger partial charge in [0.15, 0.2) is 5.69 Å². The third-order valence-corrected chi connectivity index (χ3v) is 4.11. The van der Waals surface area contributed by atoms with E-state index in [0.29, 0.717) is 5.56 Å². The molecule has 1 heterocycles. The van der Waals surface area contributed by atoms with Crippen LogP contribution in [0, 0.1) is 0 Å². The number of carbonyl (C=O) groups is 1. The van der Waals surface area contributed by atoms with Crippen molar-refractivity contribution in [3.05, 3.63) is 41.2 Å². The smallest absolute Gasteiger partial charge is 0.358 e. The van der Waals surface area contributed by atoms with Crippen molar-refractivity contribution in [1.82, 2.24) is 20.1 Å². The quantitative estimate of drug-likeness (QED) is 0.742. The Morgan fingerprint density at radius 1 is 1.29 bits per heavy atom. The Labute approximate surface area is 120 Å². The van der Waals surface area contributed by atoms with Crippen LogP contribution in [0.5, 0.6) is 0 Å². The minimum absolute atomic E-state index is 0.150. The molecule has 0 radical (unpaired) electrons. The Morgan fingerprint density at radius 3 is 2.52 bits per heavy atom. The van der Waals surface area contributed by atoms with Crippen LogP contribution in [0.15, 0.2) is 29.2 Å². The highest BCUT2D eigenvalue weighted by molar-refractivity contribution is 7.89. The van der Waals surface area contributed by atoms with Gasteiger partial charge in [-0.2, -0.15) is 0 Å². The second-order valence-corrected chi connectivity index (χ2v) is 5.88. The fourth-order valence-electron chi connectivity index (χ4n) is 1.57. The van der Waals surface area contributed by atoms with Crippen LogP contribution in [0.2, 0.25) is 0 Å². The van der Waals surface area contributed by atoms with Crippen LogP contribution in [0.25, 0.3) is 12.2 Å². The number of carboxylic acids is 1. The number of H-pyrrole nitrogens is 1. The van der Waals surface area contributed by atoms with Crippen molar-refractivity contribution in [2.45, 2.75) is 4.90 Å². The Bertz CT molecular complexity index is 778. The van der Waals surface area contributed by atoms with E-state index >= 15 is 0 Å². The van der Waals surface area contributed by atoms with E-state index in [1.807, 2.05) is 0 Å². The molecule has 0 fully saturated rings. The number of hydrogen-bond donors (Lipinski definition) is 3. The molecule has 1 aromatic heterocycles. The number of carboxylic acid groups (broad SMARTS) is 1. The van der Waals surface area contributed by atoms with Crippen molar-refractivity contribution in [3.63, 3.8) is 0 Å². The van der Waals surface area contributed by atoms with Crippen LogP contribution < -0.4 is 4.72 Å². The summed E-state index contributed by atoms with van der Waals surface area (Å²) in [6, 6.07) is 6.11. The van der Waals surface area contributed by atoms with Gasteiger partial charge in [0, 0.05) is 0 Å². The number of sulfonamides is 1. The lowest BCUT2D eigenvalue weighted by atomic mass is 10.2. The number of rotatable bonds is 5. The van der Waals surface area contributed by atoms with E-state index in [9.17, 15) is 13.2 Å². The fraction of sp³-hybridized carbons (Fsp3) is 0.0833. The normalized spacial score (nSPS) is 11.9. The van der Waals surface area contributed by atoms with E-state index in [4.69, 9.17) is 5.11 Å². The van der Waals surface area contributed by atoms with Gasteiger partial charge in [-0.3, -0.25) is 5.10 Å². The van der Waals surface area contributed by atoms with Gasteiger partial charge >= 0.3 is 5.97 Å². The molecule has 0 aliphatic heterocycles. The van der Waals surface area contributed by atoms with Crippen molar-refractivity contribution in [1.29, 1.82) is 0 Å². The standard InChI is InChI=1S/C12H12N4O4S/c1-13-21(19,20)9-5-2-8(3-6-9)4-7-10-11(12(17)18)15-16-14-10/h2-7,13H,1H3,(H,17,18)(H,14,15,16). The molecular weight excluding hydrogens is 296 g/mol. The maximum Gasteiger partial charge on any atom is 0.358 e. The van der Waals surface area contributed by atoms with Gasteiger partial charge in [0.25, 0.3) is 0 Å². The molecule has 3 N–H and O–H groups in total. The summed E-state index contributed by atoms with van der Waals surface area (Å²) < 4.78 is 25.3. The van der Waals surface area contributed by atoms with Crippen LogP contribution in [-0.2, 0) is 10.0 Å². The molecule has 0 unspecified atom stereocenters. The van der Waals surface area contributed by atoms with Crippen molar-refractivity contribution in [2.24, 2.45) is 0 Å². The van der Waals surface area contributed by atoms with Crippen LogP contribution in [0.4, 0.5) is 0 Å².